The number of esters is 2. The molecule has 12 heavy (non-hydrogen) atoms. The van der Waals surface area contributed by atoms with Gasteiger partial charge >= 0.3 is 11.9 Å². The maximum absolute atomic E-state index is 11.0. The van der Waals surface area contributed by atoms with Gasteiger partial charge in [0.1, 0.15) is 5.57 Å². The van der Waals surface area contributed by atoms with Crippen molar-refractivity contribution in [1.29, 1.82) is 0 Å². The van der Waals surface area contributed by atoms with E-state index >= 15 is 0 Å². The molecule has 1 saturated carbocycles. The number of hydrogen-bond donors (Lipinski definition) is 0. The standard InChI is InChI=1S/C8H10O4/c1-11-7(9)6(5-3-4-5)8(10)12-2/h3-4H2,1-2H3. The maximum atomic E-state index is 11.0. The Hall–Kier alpha value is -1.32. The minimum absolute atomic E-state index is 0.0694. The van der Waals surface area contributed by atoms with Crippen molar-refractivity contribution >= 4 is 11.9 Å². The highest BCUT2D eigenvalue weighted by molar-refractivity contribution is 6.15. The van der Waals surface area contributed by atoms with Crippen LogP contribution in [0.3, 0.4) is 0 Å². The van der Waals surface area contributed by atoms with E-state index in [0.29, 0.717) is 0 Å². The second kappa shape index (κ2) is 3.38. The zero-order valence-electron chi connectivity index (χ0n) is 7.05. The van der Waals surface area contributed by atoms with E-state index in [9.17, 15) is 9.59 Å². The van der Waals surface area contributed by atoms with E-state index in [-0.39, 0.29) is 5.57 Å². The van der Waals surface area contributed by atoms with E-state index in [2.05, 4.69) is 9.47 Å². The smallest absolute Gasteiger partial charge is 0.345 e. The zero-order valence-corrected chi connectivity index (χ0v) is 7.05. The molecule has 1 aliphatic rings. The zero-order chi connectivity index (χ0) is 9.14. The summed E-state index contributed by atoms with van der Waals surface area (Å²) in [5.41, 5.74) is 0.897. The van der Waals surface area contributed by atoms with Crippen LogP contribution in [0.1, 0.15) is 12.8 Å². The van der Waals surface area contributed by atoms with Crippen molar-refractivity contribution in [1.82, 2.24) is 0 Å². The molecule has 4 heteroatoms. The van der Waals surface area contributed by atoms with E-state index in [1.54, 1.807) is 0 Å². The maximum Gasteiger partial charge on any atom is 0.345 e. The molecular weight excluding hydrogens is 160 g/mol. The fraction of sp³-hybridized carbons (Fsp3) is 0.500. The predicted octanol–water partition coefficient (Wildman–Crippen LogP) is 0.423. The fourth-order valence-corrected chi connectivity index (χ4v) is 0.889. The summed E-state index contributed by atoms with van der Waals surface area (Å²) in [5.74, 6) is -1.20. The van der Waals surface area contributed by atoms with E-state index < -0.39 is 11.9 Å². The van der Waals surface area contributed by atoms with Gasteiger partial charge in [-0.15, -0.1) is 0 Å². The third-order valence-electron chi connectivity index (χ3n) is 1.63. The third-order valence-corrected chi connectivity index (χ3v) is 1.63. The Morgan fingerprint density at radius 3 is 1.75 bits per heavy atom. The average molecular weight is 170 g/mol. The Morgan fingerprint density at radius 1 is 1.08 bits per heavy atom. The van der Waals surface area contributed by atoms with Gasteiger partial charge in [0.15, 0.2) is 0 Å². The molecule has 0 amide bonds. The highest BCUT2D eigenvalue weighted by Crippen LogP contribution is 2.32. The summed E-state index contributed by atoms with van der Waals surface area (Å²) < 4.78 is 8.88. The second-order valence-corrected chi connectivity index (χ2v) is 2.46. The van der Waals surface area contributed by atoms with E-state index in [0.717, 1.165) is 18.4 Å². The van der Waals surface area contributed by atoms with Gasteiger partial charge < -0.3 is 9.47 Å². The summed E-state index contributed by atoms with van der Waals surface area (Å²) in [6.45, 7) is 0. The number of carbonyl (C=O) groups is 2. The fourth-order valence-electron chi connectivity index (χ4n) is 0.889. The molecule has 0 radical (unpaired) electrons. The molecule has 1 fully saturated rings. The van der Waals surface area contributed by atoms with Gasteiger partial charge in [-0.2, -0.15) is 0 Å². The third kappa shape index (κ3) is 1.64. The normalized spacial score (nSPS) is 13.7. The number of allylic oxidation sites excluding steroid dienone is 1. The van der Waals surface area contributed by atoms with E-state index in [4.69, 9.17) is 0 Å². The monoisotopic (exact) mass is 170 g/mol. The van der Waals surface area contributed by atoms with Crippen LogP contribution in [-0.4, -0.2) is 26.2 Å². The van der Waals surface area contributed by atoms with E-state index in [1.807, 2.05) is 0 Å². The van der Waals surface area contributed by atoms with Gasteiger partial charge in [0.05, 0.1) is 14.2 Å². The molecule has 0 unspecified atom stereocenters. The van der Waals surface area contributed by atoms with Crippen molar-refractivity contribution in [2.75, 3.05) is 14.2 Å². The summed E-state index contributed by atoms with van der Waals surface area (Å²) in [4.78, 5) is 22.0. The summed E-state index contributed by atoms with van der Waals surface area (Å²) in [7, 11) is 2.49. The minimum atomic E-state index is -0.602. The van der Waals surface area contributed by atoms with Crippen LogP contribution in [0.5, 0.6) is 0 Å². The summed E-state index contributed by atoms with van der Waals surface area (Å²) in [6, 6.07) is 0. The molecule has 0 atom stereocenters. The highest BCUT2D eigenvalue weighted by atomic mass is 16.5. The van der Waals surface area contributed by atoms with Crippen LogP contribution in [0, 0.1) is 0 Å². The molecule has 66 valence electrons. The van der Waals surface area contributed by atoms with Crippen LogP contribution < -0.4 is 0 Å². The van der Waals surface area contributed by atoms with Gasteiger partial charge in [-0.1, -0.05) is 0 Å². The number of carbonyl (C=O) groups excluding carboxylic acids is 2. The Balaban J connectivity index is 2.84. The molecular formula is C8H10O4. The quantitative estimate of drug-likeness (QED) is 0.261. The molecule has 0 saturated heterocycles. The van der Waals surface area contributed by atoms with Crippen LogP contribution in [-0.2, 0) is 19.1 Å². The van der Waals surface area contributed by atoms with Crippen LogP contribution in [0.25, 0.3) is 0 Å². The van der Waals surface area contributed by atoms with Crippen molar-refractivity contribution < 1.29 is 19.1 Å². The number of rotatable bonds is 2. The minimum Gasteiger partial charge on any atom is -0.465 e. The molecule has 0 aliphatic heterocycles. The highest BCUT2D eigenvalue weighted by Gasteiger charge is 2.29. The van der Waals surface area contributed by atoms with Crippen molar-refractivity contribution in [3.63, 3.8) is 0 Å². The van der Waals surface area contributed by atoms with Gasteiger partial charge in [-0.25, -0.2) is 9.59 Å². The van der Waals surface area contributed by atoms with Crippen molar-refractivity contribution in [2.24, 2.45) is 0 Å². The molecule has 4 nitrogen and oxygen atoms in total. The molecule has 0 aromatic rings. The lowest BCUT2D eigenvalue weighted by Gasteiger charge is -2.01. The largest absolute Gasteiger partial charge is 0.465 e. The lowest BCUT2D eigenvalue weighted by atomic mass is 10.2. The lowest BCUT2D eigenvalue weighted by Crippen LogP contribution is -2.15. The molecule has 0 aromatic heterocycles. The number of methoxy groups -OCH3 is 2. The topological polar surface area (TPSA) is 52.6 Å². The summed E-state index contributed by atoms with van der Waals surface area (Å²) >= 11 is 0. The molecule has 0 N–H and O–H groups in total. The Kier molecular flexibility index (Phi) is 2.47. The van der Waals surface area contributed by atoms with Gasteiger partial charge in [0.2, 0.25) is 0 Å². The molecule has 1 rings (SSSR count). The first-order chi connectivity index (χ1) is 5.70. The summed E-state index contributed by atoms with van der Waals surface area (Å²) in [5, 5.41) is 0. The first-order valence-corrected chi connectivity index (χ1v) is 3.59. The SMILES string of the molecule is COC(=O)C(C(=O)OC)=C1CC1. The first kappa shape index (κ1) is 8.77. The Labute approximate surface area is 70.1 Å². The van der Waals surface area contributed by atoms with Gasteiger partial charge in [-0.05, 0) is 18.4 Å². The molecule has 0 bridgehead atoms. The van der Waals surface area contributed by atoms with Gasteiger partial charge in [-0.3, -0.25) is 0 Å². The van der Waals surface area contributed by atoms with Crippen molar-refractivity contribution in [2.45, 2.75) is 12.8 Å². The lowest BCUT2D eigenvalue weighted by molar-refractivity contribution is -0.144. The van der Waals surface area contributed by atoms with Crippen LogP contribution in [0.4, 0.5) is 0 Å². The number of ether oxygens (including phenoxy) is 2. The summed E-state index contributed by atoms with van der Waals surface area (Å²) in [6.07, 6.45) is 1.58. The van der Waals surface area contributed by atoms with Crippen molar-refractivity contribution in [3.05, 3.63) is 11.1 Å². The molecule has 0 heterocycles. The Bertz CT molecular complexity index is 228. The van der Waals surface area contributed by atoms with Crippen LogP contribution in [0.2, 0.25) is 0 Å². The van der Waals surface area contributed by atoms with Crippen LogP contribution in [0.15, 0.2) is 11.1 Å². The van der Waals surface area contributed by atoms with Crippen molar-refractivity contribution in [3.8, 4) is 0 Å². The van der Waals surface area contributed by atoms with Gasteiger partial charge in [0, 0.05) is 0 Å². The van der Waals surface area contributed by atoms with E-state index in [1.165, 1.54) is 14.2 Å². The average Bonchev–Trinajstić information content (AvgIpc) is 2.88. The molecule has 0 aromatic carbocycles. The second-order valence-electron chi connectivity index (χ2n) is 2.46. The predicted molar refractivity (Wildman–Crippen MR) is 40.3 cm³/mol. The van der Waals surface area contributed by atoms with Crippen LogP contribution >= 0.6 is 0 Å². The van der Waals surface area contributed by atoms with Gasteiger partial charge in [0.25, 0.3) is 0 Å². The number of hydrogen-bond acceptors (Lipinski definition) is 4. The molecule has 1 aliphatic carbocycles. The Morgan fingerprint density at radius 2 is 1.50 bits per heavy atom. The molecule has 0 spiro atoms. The first-order valence-electron chi connectivity index (χ1n) is 3.59.